The third-order valence-corrected chi connectivity index (χ3v) is 7.08. The molecule has 0 spiro atoms. The van der Waals surface area contributed by atoms with Crippen LogP contribution in [0.3, 0.4) is 0 Å². The van der Waals surface area contributed by atoms with Crippen molar-refractivity contribution >= 4 is 11.8 Å². The van der Waals surface area contributed by atoms with Crippen molar-refractivity contribution in [2.45, 2.75) is 57.9 Å². The van der Waals surface area contributed by atoms with Crippen LogP contribution < -0.4 is 15.5 Å². The highest BCUT2D eigenvalue weighted by molar-refractivity contribution is 5.99. The van der Waals surface area contributed by atoms with E-state index in [1.165, 1.54) is 12.3 Å². The van der Waals surface area contributed by atoms with Crippen molar-refractivity contribution in [1.82, 2.24) is 19.7 Å². The Labute approximate surface area is 201 Å². The van der Waals surface area contributed by atoms with Crippen molar-refractivity contribution in [1.29, 1.82) is 0 Å². The monoisotopic (exact) mass is 486 g/mol. The van der Waals surface area contributed by atoms with E-state index in [-0.39, 0.29) is 47.8 Å². The summed E-state index contributed by atoms with van der Waals surface area (Å²) in [5.41, 5.74) is -0.588. The van der Waals surface area contributed by atoms with E-state index in [0.717, 1.165) is 37.9 Å². The number of unbranched alkanes of at least 4 members (excludes halogenated alkanes) is 1. The number of carbonyl (C=O) groups excluding carboxylic acids is 2. The van der Waals surface area contributed by atoms with E-state index in [9.17, 15) is 23.2 Å². The summed E-state index contributed by atoms with van der Waals surface area (Å²) in [6.45, 7) is 3.97. The van der Waals surface area contributed by atoms with Crippen LogP contribution >= 0.6 is 0 Å². The smallest absolute Gasteiger partial charge is 0.275 e. The van der Waals surface area contributed by atoms with E-state index < -0.39 is 23.0 Å². The van der Waals surface area contributed by atoms with Gasteiger partial charge in [-0.3, -0.25) is 19.3 Å². The lowest BCUT2D eigenvalue weighted by molar-refractivity contribution is 0.0511. The molecule has 3 aliphatic heterocycles. The average Bonchev–Trinajstić information content (AvgIpc) is 3.42. The Morgan fingerprint density at radius 1 is 1.23 bits per heavy atom. The zero-order chi connectivity index (χ0) is 24.7. The van der Waals surface area contributed by atoms with Gasteiger partial charge in [-0.15, -0.1) is 0 Å². The summed E-state index contributed by atoms with van der Waals surface area (Å²) in [7, 11) is 0. The number of fused-ring (bicyclic) bond motifs is 4. The molecule has 1 aromatic carbocycles. The molecule has 2 saturated heterocycles. The largest absolute Gasteiger partial charge is 0.487 e. The number of carbonyl (C=O) groups is 2. The van der Waals surface area contributed by atoms with Crippen LogP contribution in [-0.4, -0.2) is 58.1 Å². The average molecular weight is 487 g/mol. The highest BCUT2D eigenvalue weighted by Crippen LogP contribution is 2.35. The Morgan fingerprint density at radius 2 is 2.06 bits per heavy atom. The van der Waals surface area contributed by atoms with Gasteiger partial charge in [-0.05, 0) is 25.3 Å². The number of aromatic nitrogens is 1. The van der Waals surface area contributed by atoms with E-state index in [1.807, 2.05) is 11.8 Å². The van der Waals surface area contributed by atoms with Gasteiger partial charge in [-0.2, -0.15) is 0 Å². The minimum absolute atomic E-state index is 0.0917. The van der Waals surface area contributed by atoms with Crippen LogP contribution in [0.2, 0.25) is 0 Å². The van der Waals surface area contributed by atoms with Crippen molar-refractivity contribution in [3.63, 3.8) is 0 Å². The van der Waals surface area contributed by atoms with Gasteiger partial charge in [0.2, 0.25) is 5.43 Å². The van der Waals surface area contributed by atoms with Gasteiger partial charge in [0.1, 0.15) is 23.4 Å². The summed E-state index contributed by atoms with van der Waals surface area (Å²) in [4.78, 5) is 43.9. The van der Waals surface area contributed by atoms with Crippen LogP contribution in [0, 0.1) is 11.6 Å². The third-order valence-electron chi connectivity index (χ3n) is 7.08. The van der Waals surface area contributed by atoms with Crippen LogP contribution in [0.5, 0.6) is 5.75 Å². The van der Waals surface area contributed by atoms with Crippen molar-refractivity contribution in [3.05, 3.63) is 63.1 Å². The molecule has 10 heteroatoms. The highest BCUT2D eigenvalue weighted by Gasteiger charge is 2.48. The summed E-state index contributed by atoms with van der Waals surface area (Å²) < 4.78 is 34.6. The van der Waals surface area contributed by atoms with Crippen LogP contribution in [0.4, 0.5) is 8.78 Å². The van der Waals surface area contributed by atoms with Gasteiger partial charge in [0.15, 0.2) is 11.4 Å². The Hall–Kier alpha value is -3.27. The number of benzene rings is 1. The Bertz CT molecular complexity index is 1230. The molecular formula is C25H28F2N4O4. The number of amides is 2. The highest BCUT2D eigenvalue weighted by atomic mass is 19.1. The van der Waals surface area contributed by atoms with Crippen LogP contribution in [0.1, 0.15) is 59.0 Å². The van der Waals surface area contributed by atoms with Crippen LogP contribution in [0.15, 0.2) is 29.2 Å². The second kappa shape index (κ2) is 9.41. The van der Waals surface area contributed by atoms with Gasteiger partial charge in [0.05, 0.1) is 13.2 Å². The predicted octanol–water partition coefficient (Wildman–Crippen LogP) is 2.50. The molecule has 4 heterocycles. The molecule has 2 amide bonds. The SMILES string of the molecule is CCCCOc1c2n(cc(C(=O)NCc3ccc(F)cc3F)c1=O)C[C@@H]1N(C[C@H]3CCCN31)C2=O. The molecule has 0 bridgehead atoms. The number of nitrogens with one attached hydrogen (secondary N) is 1. The number of halogens is 2. The maximum absolute atomic E-state index is 14.0. The molecule has 2 atom stereocenters. The lowest BCUT2D eigenvalue weighted by atomic mass is 10.1. The van der Waals surface area contributed by atoms with Gasteiger partial charge in [-0.1, -0.05) is 19.4 Å². The fourth-order valence-corrected chi connectivity index (χ4v) is 5.26. The Morgan fingerprint density at radius 3 is 2.83 bits per heavy atom. The molecule has 186 valence electrons. The molecule has 0 unspecified atom stereocenters. The first kappa shape index (κ1) is 23.5. The van der Waals surface area contributed by atoms with E-state index in [2.05, 4.69) is 10.2 Å². The maximum Gasteiger partial charge on any atom is 0.275 e. The topological polar surface area (TPSA) is 83.9 Å². The number of hydrogen-bond donors (Lipinski definition) is 1. The first-order valence-corrected chi connectivity index (χ1v) is 12.1. The summed E-state index contributed by atoms with van der Waals surface area (Å²) >= 11 is 0. The summed E-state index contributed by atoms with van der Waals surface area (Å²) in [5, 5.41) is 2.54. The molecule has 2 aromatic rings. The minimum Gasteiger partial charge on any atom is -0.487 e. The first-order valence-electron chi connectivity index (χ1n) is 12.1. The van der Waals surface area contributed by atoms with E-state index in [4.69, 9.17) is 4.74 Å². The molecule has 1 aromatic heterocycles. The summed E-state index contributed by atoms with van der Waals surface area (Å²) in [6, 6.07) is 3.38. The minimum atomic E-state index is -0.789. The molecule has 35 heavy (non-hydrogen) atoms. The van der Waals surface area contributed by atoms with Crippen molar-refractivity contribution < 1.29 is 23.1 Å². The molecule has 8 nitrogen and oxygen atoms in total. The molecule has 2 fully saturated rings. The van der Waals surface area contributed by atoms with Gasteiger partial charge in [0.25, 0.3) is 11.8 Å². The standard InChI is InChI=1S/C25H28F2N4O4/c1-2-3-9-35-23-21-25(34)31-12-17-5-4-8-30(17)20(31)14-29(21)13-18(22(23)32)24(33)28-11-15-6-7-16(26)10-19(15)27/h6-7,10,13,17,20H,2-5,8-9,11-12,14H2,1H3,(H,28,33)/t17-,20+/m1/s1. The second-order valence-corrected chi connectivity index (χ2v) is 9.29. The maximum atomic E-state index is 14.0. The van der Waals surface area contributed by atoms with Crippen molar-refractivity contribution in [3.8, 4) is 5.75 Å². The normalized spacial score (nSPS) is 21.0. The molecule has 5 rings (SSSR count). The predicted molar refractivity (Wildman–Crippen MR) is 123 cm³/mol. The Balaban J connectivity index is 1.47. The summed E-state index contributed by atoms with van der Waals surface area (Å²) in [6.07, 6.45) is 4.92. The number of pyridine rings is 1. The fourth-order valence-electron chi connectivity index (χ4n) is 5.26. The van der Waals surface area contributed by atoms with Crippen LogP contribution in [0.25, 0.3) is 0 Å². The number of rotatable bonds is 7. The molecule has 3 aliphatic rings. The molecule has 0 saturated carbocycles. The zero-order valence-electron chi connectivity index (χ0n) is 19.6. The van der Waals surface area contributed by atoms with Crippen molar-refractivity contribution in [2.75, 3.05) is 19.7 Å². The van der Waals surface area contributed by atoms with Gasteiger partial charge in [-0.25, -0.2) is 8.78 Å². The lowest BCUT2D eigenvalue weighted by Crippen LogP contribution is -2.50. The molecule has 0 radical (unpaired) electrons. The lowest BCUT2D eigenvalue weighted by Gasteiger charge is -2.36. The van der Waals surface area contributed by atoms with Gasteiger partial charge < -0.3 is 19.5 Å². The van der Waals surface area contributed by atoms with Gasteiger partial charge in [0, 0.05) is 43.5 Å². The summed E-state index contributed by atoms with van der Waals surface area (Å²) in [5.74, 6) is -2.60. The quantitative estimate of drug-likeness (QED) is 0.608. The van der Waals surface area contributed by atoms with Gasteiger partial charge >= 0.3 is 0 Å². The van der Waals surface area contributed by atoms with E-state index >= 15 is 0 Å². The van der Waals surface area contributed by atoms with Crippen molar-refractivity contribution in [2.24, 2.45) is 0 Å². The number of hydrogen-bond acceptors (Lipinski definition) is 5. The number of nitrogens with zero attached hydrogens (tertiary/aromatic N) is 3. The molecule has 0 aliphatic carbocycles. The Kier molecular flexibility index (Phi) is 6.31. The second-order valence-electron chi connectivity index (χ2n) is 9.29. The third kappa shape index (κ3) is 4.20. The van der Waals surface area contributed by atoms with Crippen LogP contribution in [-0.2, 0) is 13.1 Å². The zero-order valence-corrected chi connectivity index (χ0v) is 19.6. The number of ether oxygens (including phenoxy) is 1. The van der Waals surface area contributed by atoms with E-state index in [1.54, 1.807) is 4.57 Å². The molecule has 1 N–H and O–H groups in total. The fraction of sp³-hybridized carbons (Fsp3) is 0.480. The van der Waals surface area contributed by atoms with E-state index in [0.29, 0.717) is 25.6 Å². The molecular weight excluding hydrogens is 458 g/mol. The first-order chi connectivity index (χ1) is 16.9.